The highest BCUT2D eigenvalue weighted by Crippen LogP contribution is 2.12. The molecule has 0 amide bonds. The minimum absolute atomic E-state index is 0.0846. The first-order chi connectivity index (χ1) is 14.2. The summed E-state index contributed by atoms with van der Waals surface area (Å²) in [5.74, 6) is 0.721. The van der Waals surface area contributed by atoms with Crippen molar-refractivity contribution in [2.75, 3.05) is 13.1 Å². The van der Waals surface area contributed by atoms with Gasteiger partial charge in [0.25, 0.3) is 5.69 Å². The van der Waals surface area contributed by atoms with Gasteiger partial charge in [0.15, 0.2) is 5.96 Å². The summed E-state index contributed by atoms with van der Waals surface area (Å²) >= 11 is 0. The van der Waals surface area contributed by atoms with Crippen LogP contribution in [0.4, 0.5) is 5.69 Å². The zero-order valence-corrected chi connectivity index (χ0v) is 16.3. The fourth-order valence-electron chi connectivity index (χ4n) is 2.80. The molecule has 0 spiro atoms. The van der Waals surface area contributed by atoms with E-state index in [1.165, 1.54) is 17.7 Å². The van der Waals surface area contributed by atoms with E-state index in [0.29, 0.717) is 6.54 Å². The number of aromatic nitrogens is 2. The highest BCUT2D eigenvalue weighted by molar-refractivity contribution is 5.79. The monoisotopic (exact) mass is 392 g/mol. The molecule has 3 aromatic rings. The zero-order valence-electron chi connectivity index (χ0n) is 16.3. The van der Waals surface area contributed by atoms with E-state index in [2.05, 4.69) is 45.0 Å². The van der Waals surface area contributed by atoms with Gasteiger partial charge < -0.3 is 10.6 Å². The third-order valence-corrected chi connectivity index (χ3v) is 4.32. The molecule has 1 aromatic heterocycles. The zero-order chi connectivity index (χ0) is 20.5. The molecule has 0 bridgehead atoms. The minimum Gasteiger partial charge on any atom is -0.357 e. The van der Waals surface area contributed by atoms with Crippen LogP contribution in [0.3, 0.4) is 0 Å². The summed E-state index contributed by atoms with van der Waals surface area (Å²) in [6.45, 7) is 3.96. The maximum Gasteiger partial charge on any atom is 0.269 e. The molecule has 0 fully saturated rings. The third-order valence-electron chi connectivity index (χ3n) is 4.32. The lowest BCUT2D eigenvalue weighted by Gasteiger charge is -2.11. The normalized spacial score (nSPS) is 11.3. The average molecular weight is 392 g/mol. The first-order valence-electron chi connectivity index (χ1n) is 9.50. The number of nitro groups is 1. The third kappa shape index (κ3) is 5.90. The molecule has 0 aliphatic carbocycles. The minimum atomic E-state index is -0.403. The molecule has 0 aliphatic rings. The molecule has 3 rings (SSSR count). The highest BCUT2D eigenvalue weighted by Gasteiger charge is 2.04. The summed E-state index contributed by atoms with van der Waals surface area (Å²) < 4.78 is 1.83. The number of non-ortho nitro benzene ring substituents is 1. The predicted molar refractivity (Wildman–Crippen MR) is 113 cm³/mol. The van der Waals surface area contributed by atoms with Crippen molar-refractivity contribution in [3.8, 4) is 5.69 Å². The Balaban J connectivity index is 1.52. The second kappa shape index (κ2) is 10.0. The van der Waals surface area contributed by atoms with Crippen molar-refractivity contribution in [1.29, 1.82) is 0 Å². The van der Waals surface area contributed by atoms with Gasteiger partial charge in [-0.05, 0) is 42.7 Å². The largest absolute Gasteiger partial charge is 0.357 e. The lowest BCUT2D eigenvalue weighted by molar-refractivity contribution is -0.384. The number of nitrogens with one attached hydrogen (secondary N) is 2. The maximum absolute atomic E-state index is 10.7. The predicted octanol–water partition coefficient (Wildman–Crippen LogP) is 3.08. The van der Waals surface area contributed by atoms with Gasteiger partial charge in [-0.1, -0.05) is 24.3 Å². The van der Waals surface area contributed by atoms with E-state index in [1.807, 2.05) is 23.9 Å². The second-order valence-corrected chi connectivity index (χ2v) is 6.41. The molecule has 29 heavy (non-hydrogen) atoms. The summed E-state index contributed by atoms with van der Waals surface area (Å²) in [5, 5.41) is 21.5. The van der Waals surface area contributed by atoms with E-state index < -0.39 is 4.92 Å². The fraction of sp³-hybridized carbons (Fsp3) is 0.238. The molecule has 1 heterocycles. The van der Waals surface area contributed by atoms with Gasteiger partial charge in [-0.3, -0.25) is 10.1 Å². The van der Waals surface area contributed by atoms with E-state index in [-0.39, 0.29) is 5.69 Å². The number of hydrogen-bond donors (Lipinski definition) is 2. The lowest BCUT2D eigenvalue weighted by Crippen LogP contribution is -2.38. The molecule has 2 aromatic carbocycles. The summed E-state index contributed by atoms with van der Waals surface area (Å²) in [4.78, 5) is 14.9. The molecule has 8 heteroatoms. The first kappa shape index (κ1) is 20.1. The Bertz CT molecular complexity index is 934. The molecule has 0 unspecified atom stereocenters. The van der Waals surface area contributed by atoms with E-state index in [9.17, 15) is 10.1 Å². The van der Waals surface area contributed by atoms with E-state index in [4.69, 9.17) is 0 Å². The molecule has 8 nitrogen and oxygen atoms in total. The number of hydrogen-bond acceptors (Lipinski definition) is 4. The van der Waals surface area contributed by atoms with Crippen LogP contribution in [0.15, 0.2) is 72.0 Å². The van der Waals surface area contributed by atoms with Crippen molar-refractivity contribution in [3.05, 3.63) is 88.2 Å². The molecule has 0 saturated heterocycles. The molecule has 0 atom stereocenters. The van der Waals surface area contributed by atoms with Crippen molar-refractivity contribution in [2.45, 2.75) is 19.9 Å². The van der Waals surface area contributed by atoms with Crippen LogP contribution in [0.25, 0.3) is 5.69 Å². The standard InChI is InChI=1S/C21H24N6O2/c1-2-22-21(24-16-18-6-10-20(11-7-18)27(28)29)23-14-12-17-4-8-19(9-5-17)26-15-3-13-25-26/h3-11,13,15H,2,12,14,16H2,1H3,(H2,22,23,24). The molecular weight excluding hydrogens is 368 g/mol. The Morgan fingerprint density at radius 3 is 2.45 bits per heavy atom. The van der Waals surface area contributed by atoms with Gasteiger partial charge in [0.2, 0.25) is 0 Å². The number of nitrogens with zero attached hydrogens (tertiary/aromatic N) is 4. The average Bonchev–Trinajstić information content (AvgIpc) is 3.28. The van der Waals surface area contributed by atoms with E-state index in [1.54, 1.807) is 18.3 Å². The van der Waals surface area contributed by atoms with E-state index >= 15 is 0 Å². The summed E-state index contributed by atoms with van der Waals surface area (Å²) in [7, 11) is 0. The Labute approximate surface area is 169 Å². The SMILES string of the molecule is CCNC(=NCc1ccc([N+](=O)[O-])cc1)NCCc1ccc(-n2cccn2)cc1. The number of benzene rings is 2. The van der Waals surface area contributed by atoms with Gasteiger partial charge in [0, 0.05) is 37.6 Å². The first-order valence-corrected chi connectivity index (χ1v) is 9.50. The van der Waals surface area contributed by atoms with Gasteiger partial charge in [-0.15, -0.1) is 0 Å². The van der Waals surface area contributed by atoms with Crippen LogP contribution in [0.5, 0.6) is 0 Å². The Morgan fingerprint density at radius 1 is 1.10 bits per heavy atom. The van der Waals surface area contributed by atoms with Gasteiger partial charge in [0.1, 0.15) is 0 Å². The summed E-state index contributed by atoms with van der Waals surface area (Å²) in [6, 6.07) is 16.6. The second-order valence-electron chi connectivity index (χ2n) is 6.41. The van der Waals surface area contributed by atoms with Crippen molar-refractivity contribution < 1.29 is 4.92 Å². The van der Waals surface area contributed by atoms with Gasteiger partial charge in [-0.25, -0.2) is 9.67 Å². The molecule has 150 valence electrons. The molecule has 0 aliphatic heterocycles. The van der Waals surface area contributed by atoms with Crippen LogP contribution in [-0.2, 0) is 13.0 Å². The van der Waals surface area contributed by atoms with Crippen LogP contribution in [0, 0.1) is 10.1 Å². The Morgan fingerprint density at radius 2 is 1.83 bits per heavy atom. The van der Waals surface area contributed by atoms with Crippen LogP contribution in [0.2, 0.25) is 0 Å². The van der Waals surface area contributed by atoms with Gasteiger partial charge in [-0.2, -0.15) is 5.10 Å². The summed E-state index contributed by atoms with van der Waals surface area (Å²) in [5.41, 5.74) is 3.26. The smallest absolute Gasteiger partial charge is 0.269 e. The van der Waals surface area contributed by atoms with Crippen LogP contribution in [0.1, 0.15) is 18.1 Å². The molecule has 0 radical (unpaired) electrons. The fourth-order valence-corrected chi connectivity index (χ4v) is 2.80. The number of rotatable bonds is 8. The number of guanidine groups is 1. The Kier molecular flexibility index (Phi) is 6.94. The van der Waals surface area contributed by atoms with Crippen molar-refractivity contribution in [3.63, 3.8) is 0 Å². The number of aliphatic imine (C=N–C) groups is 1. The Hall–Kier alpha value is -3.68. The molecule has 2 N–H and O–H groups in total. The molecule has 0 saturated carbocycles. The van der Waals surface area contributed by atoms with Crippen molar-refractivity contribution in [2.24, 2.45) is 4.99 Å². The van der Waals surface area contributed by atoms with Crippen LogP contribution < -0.4 is 10.6 Å². The summed E-state index contributed by atoms with van der Waals surface area (Å²) in [6.07, 6.45) is 4.54. The highest BCUT2D eigenvalue weighted by atomic mass is 16.6. The van der Waals surface area contributed by atoms with Gasteiger partial charge in [0.05, 0.1) is 17.2 Å². The lowest BCUT2D eigenvalue weighted by atomic mass is 10.1. The van der Waals surface area contributed by atoms with Crippen molar-refractivity contribution in [1.82, 2.24) is 20.4 Å². The van der Waals surface area contributed by atoms with E-state index in [0.717, 1.165) is 36.7 Å². The van der Waals surface area contributed by atoms with Crippen LogP contribution in [-0.4, -0.2) is 33.8 Å². The van der Waals surface area contributed by atoms with Crippen LogP contribution >= 0.6 is 0 Å². The van der Waals surface area contributed by atoms with Gasteiger partial charge >= 0.3 is 0 Å². The number of nitro benzene ring substituents is 1. The topological polar surface area (TPSA) is 97.4 Å². The maximum atomic E-state index is 10.7. The quantitative estimate of drug-likeness (QED) is 0.266. The molecular formula is C21H24N6O2. The van der Waals surface area contributed by atoms with Crippen molar-refractivity contribution >= 4 is 11.6 Å².